The molecule has 1 saturated heterocycles. The molecular weight excluding hydrogens is 632 g/mol. The summed E-state index contributed by atoms with van der Waals surface area (Å²) in [6, 6.07) is 3.71. The first kappa shape index (κ1) is 40.4. The number of nitrogens with zero attached hydrogens (tertiary/aromatic N) is 1. The molecule has 1 aromatic carbocycles. The van der Waals surface area contributed by atoms with Gasteiger partial charge in [-0.15, -0.1) is 0 Å². The number of benzene rings is 1. The van der Waals surface area contributed by atoms with Crippen molar-refractivity contribution >= 4 is 47.2 Å². The summed E-state index contributed by atoms with van der Waals surface area (Å²) in [5, 5.41) is 10.5. The van der Waals surface area contributed by atoms with Gasteiger partial charge in [0.15, 0.2) is 0 Å². The van der Waals surface area contributed by atoms with Crippen molar-refractivity contribution in [1.29, 1.82) is 0 Å². The highest BCUT2D eigenvalue weighted by Crippen LogP contribution is 2.35. The molecule has 0 aliphatic carbocycles. The largest absolute Gasteiger partial charge is 0.460 e. The van der Waals surface area contributed by atoms with Gasteiger partial charge in [-0.25, -0.2) is 4.79 Å². The molecule has 49 heavy (non-hydrogen) atoms. The number of primary amides is 1. The molecule has 2 rings (SSSR count). The molecule has 7 amide bonds. The number of imide groups is 1. The fraction of sp³-hybridized carbons (Fsp3) is 0.571. The zero-order valence-electron chi connectivity index (χ0n) is 29.7. The van der Waals surface area contributed by atoms with E-state index in [0.29, 0.717) is 23.2 Å². The van der Waals surface area contributed by atoms with E-state index in [1.807, 2.05) is 20.8 Å². The molecule has 0 bridgehead atoms. The van der Waals surface area contributed by atoms with Gasteiger partial charge in [0.25, 0.3) is 0 Å². The molecule has 1 aromatic rings. The third kappa shape index (κ3) is 13.0. The van der Waals surface area contributed by atoms with Gasteiger partial charge in [-0.3, -0.25) is 33.7 Å². The summed E-state index contributed by atoms with van der Waals surface area (Å²) in [6.07, 6.45) is 0.721. The van der Waals surface area contributed by atoms with Crippen LogP contribution in [0.1, 0.15) is 86.1 Å². The molecule has 6 N–H and O–H groups in total. The zero-order valence-corrected chi connectivity index (χ0v) is 29.7. The number of likely N-dealkylation sites (tertiary alicyclic amines) is 1. The minimum Gasteiger partial charge on any atom is -0.460 e. The molecular formula is C35H52N6O8. The number of nitrogens with one attached hydrogen (secondary N) is 4. The van der Waals surface area contributed by atoms with E-state index in [-0.39, 0.29) is 68.6 Å². The van der Waals surface area contributed by atoms with Crippen molar-refractivity contribution in [3.63, 3.8) is 0 Å². The third-order valence-corrected chi connectivity index (χ3v) is 7.94. The highest BCUT2D eigenvalue weighted by Gasteiger charge is 2.44. The smallest absolute Gasteiger partial charge is 0.312 e. The Hall–Kier alpha value is -4.75. The van der Waals surface area contributed by atoms with Gasteiger partial charge in [0.05, 0.1) is 11.3 Å². The van der Waals surface area contributed by atoms with Crippen LogP contribution >= 0.6 is 0 Å². The van der Waals surface area contributed by atoms with Crippen LogP contribution in [0.15, 0.2) is 36.4 Å². The summed E-state index contributed by atoms with van der Waals surface area (Å²) in [4.78, 5) is 89.1. The molecule has 1 aliphatic rings. The second kappa shape index (κ2) is 17.6. The fourth-order valence-electron chi connectivity index (χ4n) is 4.96. The topological polar surface area (TPSA) is 206 Å². The van der Waals surface area contributed by atoms with Crippen molar-refractivity contribution in [2.24, 2.45) is 22.5 Å². The lowest BCUT2D eigenvalue weighted by atomic mass is 9.80. The average molecular weight is 685 g/mol. The number of anilines is 1. The van der Waals surface area contributed by atoms with Crippen LogP contribution in [0.3, 0.4) is 0 Å². The predicted octanol–water partition coefficient (Wildman–Crippen LogP) is 2.91. The Kier molecular flexibility index (Phi) is 14.5. The molecule has 270 valence electrons. The maximum absolute atomic E-state index is 13.4. The molecule has 3 atom stereocenters. The van der Waals surface area contributed by atoms with Crippen molar-refractivity contribution in [1.82, 2.24) is 20.9 Å². The predicted molar refractivity (Wildman–Crippen MR) is 183 cm³/mol. The lowest BCUT2D eigenvalue weighted by molar-refractivity contribution is -0.154. The number of hydrogen-bond donors (Lipinski definition) is 5. The Morgan fingerprint density at radius 2 is 1.61 bits per heavy atom. The monoisotopic (exact) mass is 684 g/mol. The highest BCUT2D eigenvalue weighted by molar-refractivity contribution is 6.04. The minimum atomic E-state index is -1.16. The summed E-state index contributed by atoms with van der Waals surface area (Å²) in [5.74, 6) is -2.97. The molecule has 14 nitrogen and oxygen atoms in total. The number of carbonyl (C=O) groups is 7. The summed E-state index contributed by atoms with van der Waals surface area (Å²) in [6.45, 7) is 16.7. The molecule has 1 unspecified atom stereocenters. The van der Waals surface area contributed by atoms with Crippen LogP contribution in [0.25, 0.3) is 0 Å². The fourth-order valence-corrected chi connectivity index (χ4v) is 4.96. The Morgan fingerprint density at radius 3 is 2.14 bits per heavy atom. The van der Waals surface area contributed by atoms with Gasteiger partial charge >= 0.3 is 12.0 Å². The van der Waals surface area contributed by atoms with Crippen LogP contribution in [-0.4, -0.2) is 71.6 Å². The Morgan fingerprint density at radius 1 is 0.980 bits per heavy atom. The summed E-state index contributed by atoms with van der Waals surface area (Å²) in [5.41, 5.74) is 5.60. The molecule has 0 aromatic heterocycles. The lowest BCUT2D eigenvalue weighted by Crippen LogP contribution is -2.53. The molecule has 1 aliphatic heterocycles. The van der Waals surface area contributed by atoms with Crippen LogP contribution in [-0.2, 0) is 40.1 Å². The number of amides is 7. The van der Waals surface area contributed by atoms with E-state index in [0.717, 1.165) is 0 Å². The van der Waals surface area contributed by atoms with Crippen molar-refractivity contribution in [2.45, 2.75) is 99.3 Å². The average Bonchev–Trinajstić information content (AvgIpc) is 3.29. The van der Waals surface area contributed by atoms with E-state index in [4.69, 9.17) is 10.5 Å². The first-order chi connectivity index (χ1) is 22.7. The van der Waals surface area contributed by atoms with Gasteiger partial charge < -0.3 is 31.7 Å². The Bertz CT molecular complexity index is 1410. The number of esters is 1. The Labute approximate surface area is 288 Å². The van der Waals surface area contributed by atoms with E-state index in [1.54, 1.807) is 52.0 Å². The van der Waals surface area contributed by atoms with E-state index in [2.05, 4.69) is 27.8 Å². The molecule has 0 radical (unpaired) electrons. The van der Waals surface area contributed by atoms with Crippen LogP contribution in [0, 0.1) is 16.7 Å². The van der Waals surface area contributed by atoms with Crippen molar-refractivity contribution in [3.8, 4) is 0 Å². The number of nitrogens with two attached hydrogens (primary N) is 1. The van der Waals surface area contributed by atoms with Crippen LogP contribution in [0.2, 0.25) is 0 Å². The van der Waals surface area contributed by atoms with Gasteiger partial charge in [0.2, 0.25) is 29.5 Å². The van der Waals surface area contributed by atoms with E-state index in [9.17, 15) is 33.6 Å². The van der Waals surface area contributed by atoms with Crippen molar-refractivity contribution < 1.29 is 38.3 Å². The number of rotatable bonds is 16. The van der Waals surface area contributed by atoms with Gasteiger partial charge in [-0.2, -0.15) is 0 Å². The Balaban J connectivity index is 2.03. The summed E-state index contributed by atoms with van der Waals surface area (Å²) < 4.78 is 5.33. The molecule has 0 saturated carbocycles. The minimum absolute atomic E-state index is 0.0532. The maximum Gasteiger partial charge on any atom is 0.312 e. The number of ether oxygens (including phenoxy) is 1. The number of urea groups is 1. The summed E-state index contributed by atoms with van der Waals surface area (Å²) in [7, 11) is 0. The second-order valence-corrected chi connectivity index (χ2v) is 14.5. The van der Waals surface area contributed by atoms with Gasteiger partial charge in [-0.05, 0) is 75.6 Å². The highest BCUT2D eigenvalue weighted by atomic mass is 16.5. The lowest BCUT2D eigenvalue weighted by Gasteiger charge is -2.25. The van der Waals surface area contributed by atoms with E-state index < -0.39 is 47.2 Å². The maximum atomic E-state index is 13.4. The molecule has 0 spiro atoms. The van der Waals surface area contributed by atoms with Gasteiger partial charge in [0.1, 0.15) is 18.7 Å². The van der Waals surface area contributed by atoms with E-state index >= 15 is 0 Å². The number of carbonyl (C=O) groups excluding carboxylic acids is 7. The van der Waals surface area contributed by atoms with Crippen LogP contribution in [0.5, 0.6) is 0 Å². The van der Waals surface area contributed by atoms with Gasteiger partial charge in [0, 0.05) is 31.6 Å². The molecule has 14 heteroatoms. The molecule has 1 heterocycles. The summed E-state index contributed by atoms with van der Waals surface area (Å²) >= 11 is 0. The normalized spacial score (nSPS) is 16.0. The standard InChI is InChI=1S/C35H52N6O8/c1-21(2)28(40-26(42)12-10-18-41-27(43)19-24(31(41)46)34(3,4)5)30(45)39-25(11-9-17-37-33(36)48)29(44)38-23-15-13-22(14-16-23)20-49-32(47)35(6,7)8/h13-16,24-25,28H,1,9-12,17-20H2,2-8H3,(H,38,44)(H,39,45)(H,40,42)(H3,36,37,48)/t24?,25-,28-/m0/s1. The first-order valence-electron chi connectivity index (χ1n) is 16.4. The van der Waals surface area contributed by atoms with Gasteiger partial charge in [-0.1, -0.05) is 39.5 Å². The quantitative estimate of drug-likeness (QED) is 0.0756. The number of hydrogen-bond acceptors (Lipinski definition) is 8. The second-order valence-electron chi connectivity index (χ2n) is 14.5. The van der Waals surface area contributed by atoms with Crippen LogP contribution in [0.4, 0.5) is 10.5 Å². The zero-order chi connectivity index (χ0) is 37.1. The first-order valence-corrected chi connectivity index (χ1v) is 16.4. The van der Waals surface area contributed by atoms with Crippen LogP contribution < -0.4 is 27.0 Å². The van der Waals surface area contributed by atoms with Crippen molar-refractivity contribution in [3.05, 3.63) is 42.0 Å². The SMILES string of the molecule is C=C(C)[C@H](NC(=O)CCCN1C(=O)CC(C(C)(C)C)C1=O)C(=O)N[C@@H](CCCNC(N)=O)C(=O)Nc1ccc(COC(=O)C(C)(C)C)cc1. The van der Waals surface area contributed by atoms with Crippen molar-refractivity contribution in [2.75, 3.05) is 18.4 Å². The van der Waals surface area contributed by atoms with E-state index in [1.165, 1.54) is 4.90 Å². The third-order valence-electron chi connectivity index (χ3n) is 7.94. The molecule has 1 fully saturated rings.